The number of amides is 2. The van der Waals surface area contributed by atoms with Crippen LogP contribution in [0.3, 0.4) is 0 Å². The lowest BCUT2D eigenvalue weighted by atomic mass is 10.2. The van der Waals surface area contributed by atoms with Crippen molar-refractivity contribution < 1.29 is 9.59 Å². The summed E-state index contributed by atoms with van der Waals surface area (Å²) >= 11 is 5.97. The first-order chi connectivity index (χ1) is 12.1. The van der Waals surface area contributed by atoms with E-state index in [0.29, 0.717) is 17.4 Å². The van der Waals surface area contributed by atoms with Gasteiger partial charge in [-0.1, -0.05) is 29.8 Å². The second-order valence-corrected chi connectivity index (χ2v) is 6.29. The summed E-state index contributed by atoms with van der Waals surface area (Å²) in [5.41, 5.74) is 4.79. The van der Waals surface area contributed by atoms with Crippen molar-refractivity contribution in [3.8, 4) is 0 Å². The molecule has 7 heteroatoms. The monoisotopic (exact) mass is 354 g/mol. The Morgan fingerprint density at radius 1 is 1.12 bits per heavy atom. The van der Waals surface area contributed by atoms with Crippen molar-refractivity contribution in [3.05, 3.63) is 65.3 Å². The summed E-state index contributed by atoms with van der Waals surface area (Å²) in [6.45, 7) is 0.535. The van der Waals surface area contributed by atoms with Gasteiger partial charge in [0.2, 0.25) is 0 Å². The van der Waals surface area contributed by atoms with Crippen LogP contribution >= 0.6 is 11.6 Å². The predicted octanol–water partition coefficient (Wildman–Crippen LogP) is 2.77. The fourth-order valence-electron chi connectivity index (χ4n) is 2.87. The Morgan fingerprint density at radius 3 is 2.72 bits per heavy atom. The van der Waals surface area contributed by atoms with Crippen LogP contribution in [0.15, 0.2) is 54.6 Å². The molecule has 3 aromatic rings. The highest BCUT2D eigenvalue weighted by molar-refractivity contribution is 6.31. The van der Waals surface area contributed by atoms with E-state index in [1.165, 1.54) is 5.01 Å². The van der Waals surface area contributed by atoms with Gasteiger partial charge in [-0.25, -0.2) is 5.01 Å². The van der Waals surface area contributed by atoms with Gasteiger partial charge in [0.05, 0.1) is 0 Å². The van der Waals surface area contributed by atoms with Gasteiger partial charge < -0.3 is 9.88 Å². The van der Waals surface area contributed by atoms with E-state index < -0.39 is 0 Å². The summed E-state index contributed by atoms with van der Waals surface area (Å²) in [5, 5.41) is 2.77. The number of fused-ring (bicyclic) bond motifs is 1. The standard InChI is InChI=1S/C18H15ClN4O2/c19-13-6-7-15-12(8-13)9-16(20-15)18(25)21-23-11-22(10-17(23)24)14-4-2-1-3-5-14/h1-9,20H,10-11H2,(H,21,25). The van der Waals surface area contributed by atoms with Crippen LogP contribution in [0.2, 0.25) is 5.02 Å². The number of anilines is 1. The van der Waals surface area contributed by atoms with Crippen molar-refractivity contribution in [2.24, 2.45) is 0 Å². The minimum atomic E-state index is -0.365. The summed E-state index contributed by atoms with van der Waals surface area (Å²) < 4.78 is 0. The number of carbonyl (C=O) groups is 2. The molecule has 2 N–H and O–H groups in total. The summed E-state index contributed by atoms with van der Waals surface area (Å²) in [5.74, 6) is -0.521. The van der Waals surface area contributed by atoms with Crippen LogP contribution in [0.4, 0.5) is 5.69 Å². The molecule has 0 aliphatic carbocycles. The molecule has 2 heterocycles. The van der Waals surface area contributed by atoms with E-state index in [0.717, 1.165) is 16.6 Å². The van der Waals surface area contributed by atoms with Crippen molar-refractivity contribution >= 4 is 40.0 Å². The number of aromatic nitrogens is 1. The topological polar surface area (TPSA) is 68.4 Å². The van der Waals surface area contributed by atoms with Gasteiger partial charge in [-0.05, 0) is 36.4 Å². The van der Waals surface area contributed by atoms with Crippen molar-refractivity contribution in [3.63, 3.8) is 0 Å². The summed E-state index contributed by atoms with van der Waals surface area (Å²) in [6, 6.07) is 16.7. The molecule has 2 amide bonds. The normalized spacial score (nSPS) is 14.4. The zero-order valence-corrected chi connectivity index (χ0v) is 14.0. The molecule has 1 aliphatic rings. The largest absolute Gasteiger partial charge is 0.350 e. The molecule has 126 valence electrons. The fourth-order valence-corrected chi connectivity index (χ4v) is 3.05. The number of rotatable bonds is 3. The van der Waals surface area contributed by atoms with Gasteiger partial charge in [0.15, 0.2) is 0 Å². The molecule has 0 bridgehead atoms. The molecule has 2 aromatic carbocycles. The van der Waals surface area contributed by atoms with E-state index in [1.54, 1.807) is 18.2 Å². The molecular formula is C18H15ClN4O2. The average molecular weight is 355 g/mol. The summed E-state index contributed by atoms with van der Waals surface area (Å²) in [4.78, 5) is 29.6. The SMILES string of the molecule is O=C(NN1CN(c2ccccc2)CC1=O)c1cc2cc(Cl)ccc2[nH]1. The van der Waals surface area contributed by atoms with E-state index >= 15 is 0 Å². The number of benzene rings is 2. The Kier molecular flexibility index (Phi) is 3.82. The van der Waals surface area contributed by atoms with Gasteiger partial charge in [-0.2, -0.15) is 0 Å². The molecule has 0 unspecified atom stereocenters. The van der Waals surface area contributed by atoms with Crippen molar-refractivity contribution in [1.29, 1.82) is 0 Å². The number of halogens is 1. The second-order valence-electron chi connectivity index (χ2n) is 5.85. The first kappa shape index (κ1) is 15.5. The molecule has 0 radical (unpaired) electrons. The highest BCUT2D eigenvalue weighted by atomic mass is 35.5. The Hall–Kier alpha value is -2.99. The first-order valence-corrected chi connectivity index (χ1v) is 8.17. The lowest BCUT2D eigenvalue weighted by Gasteiger charge is -2.19. The number of hydrogen-bond donors (Lipinski definition) is 2. The minimum Gasteiger partial charge on any atom is -0.350 e. The van der Waals surface area contributed by atoms with E-state index in [1.807, 2.05) is 41.3 Å². The maximum atomic E-state index is 12.5. The van der Waals surface area contributed by atoms with E-state index in [9.17, 15) is 9.59 Å². The molecule has 1 fully saturated rings. The number of hydrogen-bond acceptors (Lipinski definition) is 3. The van der Waals surface area contributed by atoms with Crippen molar-refractivity contribution in [2.45, 2.75) is 0 Å². The van der Waals surface area contributed by atoms with Crippen LogP contribution < -0.4 is 10.3 Å². The van der Waals surface area contributed by atoms with Gasteiger partial charge in [0.25, 0.3) is 11.8 Å². The highest BCUT2D eigenvalue weighted by Gasteiger charge is 2.29. The van der Waals surface area contributed by atoms with Gasteiger partial charge in [-0.3, -0.25) is 15.0 Å². The Labute approximate surface area is 148 Å². The third kappa shape index (κ3) is 3.04. The van der Waals surface area contributed by atoms with Crippen LogP contribution in [0.25, 0.3) is 10.9 Å². The van der Waals surface area contributed by atoms with Crippen LogP contribution in [0, 0.1) is 0 Å². The highest BCUT2D eigenvalue weighted by Crippen LogP contribution is 2.21. The maximum absolute atomic E-state index is 12.5. The number of nitrogens with zero attached hydrogens (tertiary/aromatic N) is 2. The Morgan fingerprint density at radius 2 is 1.92 bits per heavy atom. The van der Waals surface area contributed by atoms with E-state index in [2.05, 4.69) is 10.4 Å². The molecule has 0 spiro atoms. The zero-order chi connectivity index (χ0) is 17.4. The predicted molar refractivity (Wildman–Crippen MR) is 96.3 cm³/mol. The van der Waals surface area contributed by atoms with Crippen molar-refractivity contribution in [2.75, 3.05) is 18.1 Å². The minimum absolute atomic E-state index is 0.156. The average Bonchev–Trinajstić information content (AvgIpc) is 3.19. The number of carbonyl (C=O) groups excluding carboxylic acids is 2. The van der Waals surface area contributed by atoms with Gasteiger partial charge >= 0.3 is 0 Å². The molecule has 4 rings (SSSR count). The van der Waals surface area contributed by atoms with Crippen LogP contribution in [-0.4, -0.2) is 35.0 Å². The number of aromatic amines is 1. The molecule has 0 atom stereocenters. The van der Waals surface area contributed by atoms with E-state index in [4.69, 9.17) is 11.6 Å². The van der Waals surface area contributed by atoms with Crippen LogP contribution in [0.5, 0.6) is 0 Å². The molecule has 25 heavy (non-hydrogen) atoms. The molecule has 6 nitrogen and oxygen atoms in total. The molecule has 1 saturated heterocycles. The maximum Gasteiger partial charge on any atom is 0.286 e. The van der Waals surface area contributed by atoms with Gasteiger partial charge in [0, 0.05) is 21.6 Å². The number of nitrogens with one attached hydrogen (secondary N) is 2. The Bertz CT molecular complexity index is 954. The van der Waals surface area contributed by atoms with Crippen molar-refractivity contribution in [1.82, 2.24) is 15.4 Å². The third-order valence-corrected chi connectivity index (χ3v) is 4.36. The summed E-state index contributed by atoms with van der Waals surface area (Å²) in [6.07, 6.45) is 0. The first-order valence-electron chi connectivity index (χ1n) is 7.80. The van der Waals surface area contributed by atoms with E-state index in [-0.39, 0.29) is 18.4 Å². The number of H-pyrrole nitrogens is 1. The Balaban J connectivity index is 1.49. The fraction of sp³-hybridized carbons (Fsp3) is 0.111. The quantitative estimate of drug-likeness (QED) is 0.760. The molecular weight excluding hydrogens is 340 g/mol. The van der Waals surface area contributed by atoms with Gasteiger partial charge in [-0.15, -0.1) is 0 Å². The number of para-hydroxylation sites is 1. The number of hydrazine groups is 1. The second kappa shape index (κ2) is 6.14. The lowest BCUT2D eigenvalue weighted by molar-refractivity contribution is -0.128. The smallest absolute Gasteiger partial charge is 0.286 e. The molecule has 0 saturated carbocycles. The third-order valence-electron chi connectivity index (χ3n) is 4.12. The zero-order valence-electron chi connectivity index (χ0n) is 13.2. The van der Waals surface area contributed by atoms with Crippen LogP contribution in [-0.2, 0) is 4.79 Å². The molecule has 1 aliphatic heterocycles. The van der Waals surface area contributed by atoms with Gasteiger partial charge in [0.1, 0.15) is 18.9 Å². The molecule has 1 aromatic heterocycles. The summed E-state index contributed by atoms with van der Waals surface area (Å²) in [7, 11) is 0. The van der Waals surface area contributed by atoms with Crippen LogP contribution in [0.1, 0.15) is 10.5 Å². The lowest BCUT2D eigenvalue weighted by Crippen LogP contribution is -2.44.